The van der Waals surface area contributed by atoms with Crippen LogP contribution in [0.15, 0.2) is 54.0 Å². The number of methoxy groups -OCH3 is 2. The lowest BCUT2D eigenvalue weighted by Crippen LogP contribution is -2.15. The molecule has 148 valence electrons. The summed E-state index contributed by atoms with van der Waals surface area (Å²) in [7, 11) is 3.06. The van der Waals surface area contributed by atoms with E-state index in [1.807, 2.05) is 46.3 Å². The predicted octanol–water partition coefficient (Wildman–Crippen LogP) is 4.91. The summed E-state index contributed by atoms with van der Waals surface area (Å²) in [5.41, 5.74) is 3.24. The van der Waals surface area contributed by atoms with Crippen LogP contribution in [0.2, 0.25) is 5.02 Å². The minimum absolute atomic E-state index is 0.186. The minimum Gasteiger partial charge on any atom is -0.493 e. The Bertz CT molecular complexity index is 1170. The summed E-state index contributed by atoms with van der Waals surface area (Å²) in [4.78, 5) is 18.1. The molecule has 0 aliphatic heterocycles. The molecule has 0 atom stereocenters. The average molecular weight is 428 g/mol. The number of hydrogen-bond acceptors (Lipinski definition) is 5. The standard InChI is InChI=1S/C21H18ClN3O3S/c1-27-18-9-15(22)16(10-19(18)28-2)23-20(26)8-14-12-29-21-24-17(11-25(14)21)13-6-4-3-5-7-13/h3-7,9-12H,8H2,1-2H3,(H,23,26). The molecule has 29 heavy (non-hydrogen) atoms. The zero-order valence-electron chi connectivity index (χ0n) is 15.8. The second kappa shape index (κ2) is 8.14. The van der Waals surface area contributed by atoms with E-state index in [0.717, 1.165) is 21.9 Å². The Morgan fingerprint density at radius 3 is 2.62 bits per heavy atom. The van der Waals surface area contributed by atoms with Gasteiger partial charge in [-0.2, -0.15) is 0 Å². The number of halogens is 1. The molecule has 8 heteroatoms. The highest BCUT2D eigenvalue weighted by Crippen LogP contribution is 2.36. The number of ether oxygens (including phenoxy) is 2. The topological polar surface area (TPSA) is 64.9 Å². The van der Waals surface area contributed by atoms with E-state index in [1.54, 1.807) is 12.1 Å². The largest absolute Gasteiger partial charge is 0.493 e. The van der Waals surface area contributed by atoms with Gasteiger partial charge in [0.2, 0.25) is 5.91 Å². The van der Waals surface area contributed by atoms with E-state index in [2.05, 4.69) is 10.3 Å². The highest BCUT2D eigenvalue weighted by Gasteiger charge is 2.15. The van der Waals surface area contributed by atoms with Crippen LogP contribution in [-0.4, -0.2) is 29.5 Å². The molecule has 0 aliphatic rings. The number of nitrogens with zero attached hydrogens (tertiary/aromatic N) is 2. The van der Waals surface area contributed by atoms with Crippen LogP contribution in [0.3, 0.4) is 0 Å². The molecule has 2 aromatic carbocycles. The summed E-state index contributed by atoms with van der Waals surface area (Å²) < 4.78 is 12.4. The normalized spacial score (nSPS) is 10.9. The van der Waals surface area contributed by atoms with E-state index >= 15 is 0 Å². The molecule has 4 aromatic rings. The monoisotopic (exact) mass is 427 g/mol. The Morgan fingerprint density at radius 1 is 1.17 bits per heavy atom. The quantitative estimate of drug-likeness (QED) is 0.474. The fourth-order valence-corrected chi connectivity index (χ4v) is 4.09. The van der Waals surface area contributed by atoms with Gasteiger partial charge in [-0.1, -0.05) is 41.9 Å². The molecule has 0 saturated carbocycles. The first-order chi connectivity index (χ1) is 14.1. The van der Waals surface area contributed by atoms with Crippen LogP contribution in [0.25, 0.3) is 16.2 Å². The van der Waals surface area contributed by atoms with Crippen molar-refractivity contribution < 1.29 is 14.3 Å². The van der Waals surface area contributed by atoms with Crippen molar-refractivity contribution in [2.45, 2.75) is 6.42 Å². The molecule has 0 unspecified atom stereocenters. The van der Waals surface area contributed by atoms with E-state index in [-0.39, 0.29) is 12.3 Å². The highest BCUT2D eigenvalue weighted by atomic mass is 35.5. The second-order valence-electron chi connectivity index (χ2n) is 6.28. The lowest BCUT2D eigenvalue weighted by molar-refractivity contribution is -0.115. The van der Waals surface area contributed by atoms with Crippen LogP contribution in [0.5, 0.6) is 11.5 Å². The molecule has 0 aliphatic carbocycles. The number of carbonyl (C=O) groups is 1. The van der Waals surface area contributed by atoms with Crippen molar-refractivity contribution in [1.82, 2.24) is 9.38 Å². The third kappa shape index (κ3) is 3.92. The molecule has 1 N–H and O–H groups in total. The Morgan fingerprint density at radius 2 is 1.90 bits per heavy atom. The van der Waals surface area contributed by atoms with E-state index < -0.39 is 0 Å². The van der Waals surface area contributed by atoms with E-state index in [4.69, 9.17) is 21.1 Å². The number of rotatable bonds is 6. The van der Waals surface area contributed by atoms with Crippen molar-refractivity contribution in [3.05, 3.63) is 64.8 Å². The zero-order chi connectivity index (χ0) is 20.4. The summed E-state index contributed by atoms with van der Waals surface area (Å²) in [6.45, 7) is 0. The van der Waals surface area contributed by atoms with Crippen LogP contribution in [-0.2, 0) is 11.2 Å². The Balaban J connectivity index is 1.55. The van der Waals surface area contributed by atoms with Gasteiger partial charge in [0.15, 0.2) is 16.5 Å². The lowest BCUT2D eigenvalue weighted by Gasteiger charge is -2.12. The number of amides is 1. The summed E-state index contributed by atoms with van der Waals surface area (Å²) in [5.74, 6) is 0.808. The van der Waals surface area contributed by atoms with Crippen molar-refractivity contribution in [3.63, 3.8) is 0 Å². The second-order valence-corrected chi connectivity index (χ2v) is 7.53. The van der Waals surface area contributed by atoms with Crippen molar-refractivity contribution in [2.24, 2.45) is 0 Å². The van der Waals surface area contributed by atoms with Gasteiger partial charge in [-0.15, -0.1) is 11.3 Å². The van der Waals surface area contributed by atoms with Crippen molar-refractivity contribution in [1.29, 1.82) is 0 Å². The van der Waals surface area contributed by atoms with Crippen molar-refractivity contribution >= 4 is 39.5 Å². The van der Waals surface area contributed by atoms with E-state index in [1.165, 1.54) is 25.6 Å². The van der Waals surface area contributed by atoms with E-state index in [9.17, 15) is 4.79 Å². The first-order valence-corrected chi connectivity index (χ1v) is 10.1. The number of nitrogens with one attached hydrogen (secondary N) is 1. The van der Waals surface area contributed by atoms with Gasteiger partial charge >= 0.3 is 0 Å². The molecule has 6 nitrogen and oxygen atoms in total. The molecular formula is C21H18ClN3O3S. The smallest absolute Gasteiger partial charge is 0.230 e. The van der Waals surface area contributed by atoms with Gasteiger partial charge in [-0.3, -0.25) is 9.20 Å². The number of aromatic nitrogens is 2. The number of imidazole rings is 1. The molecule has 2 aromatic heterocycles. The maximum absolute atomic E-state index is 12.6. The zero-order valence-corrected chi connectivity index (χ0v) is 17.4. The van der Waals surface area contributed by atoms with Gasteiger partial charge in [0.1, 0.15) is 0 Å². The minimum atomic E-state index is -0.186. The Labute approximate surface area is 176 Å². The summed E-state index contributed by atoms with van der Waals surface area (Å²) in [6.07, 6.45) is 2.14. The highest BCUT2D eigenvalue weighted by molar-refractivity contribution is 7.15. The number of hydrogen-bond donors (Lipinski definition) is 1. The average Bonchev–Trinajstić information content (AvgIpc) is 3.32. The summed E-state index contributed by atoms with van der Waals surface area (Å²) in [6, 6.07) is 13.2. The van der Waals surface area contributed by atoms with Crippen LogP contribution >= 0.6 is 22.9 Å². The Hall–Kier alpha value is -3.03. The summed E-state index contributed by atoms with van der Waals surface area (Å²) >= 11 is 7.77. The van der Waals surface area contributed by atoms with Crippen molar-refractivity contribution in [2.75, 3.05) is 19.5 Å². The van der Waals surface area contributed by atoms with Crippen LogP contribution in [0.4, 0.5) is 5.69 Å². The van der Waals surface area contributed by atoms with Crippen LogP contribution in [0, 0.1) is 0 Å². The maximum Gasteiger partial charge on any atom is 0.230 e. The first kappa shape index (κ1) is 19.3. The van der Waals surface area contributed by atoms with E-state index in [0.29, 0.717) is 22.2 Å². The molecule has 0 radical (unpaired) electrons. The summed E-state index contributed by atoms with van der Waals surface area (Å²) in [5, 5.41) is 5.15. The molecule has 0 bridgehead atoms. The number of anilines is 1. The SMILES string of the molecule is COc1cc(Cl)c(NC(=O)Cc2csc3nc(-c4ccccc4)cn23)cc1OC. The van der Waals surface area contributed by atoms with Gasteiger partial charge in [-0.05, 0) is 0 Å². The van der Waals surface area contributed by atoms with Gasteiger partial charge < -0.3 is 14.8 Å². The van der Waals surface area contributed by atoms with Gasteiger partial charge in [-0.25, -0.2) is 4.98 Å². The predicted molar refractivity (Wildman–Crippen MR) is 115 cm³/mol. The number of carbonyl (C=O) groups excluding carboxylic acids is 1. The fraction of sp³-hybridized carbons (Fsp3) is 0.143. The third-order valence-electron chi connectivity index (χ3n) is 4.44. The first-order valence-electron chi connectivity index (χ1n) is 8.81. The fourth-order valence-electron chi connectivity index (χ4n) is 3.01. The van der Waals surface area contributed by atoms with Crippen LogP contribution in [0.1, 0.15) is 5.69 Å². The number of fused-ring (bicyclic) bond motifs is 1. The molecule has 2 heterocycles. The molecule has 0 saturated heterocycles. The molecule has 1 amide bonds. The third-order valence-corrected chi connectivity index (χ3v) is 5.64. The maximum atomic E-state index is 12.6. The molecule has 0 spiro atoms. The van der Waals surface area contributed by atoms with Gasteiger partial charge in [0.05, 0.1) is 37.0 Å². The van der Waals surface area contributed by atoms with Gasteiger partial charge in [0, 0.05) is 35.0 Å². The van der Waals surface area contributed by atoms with Gasteiger partial charge in [0.25, 0.3) is 0 Å². The molecular weight excluding hydrogens is 410 g/mol. The number of thiazole rings is 1. The molecule has 4 rings (SSSR count). The van der Waals surface area contributed by atoms with Crippen molar-refractivity contribution in [3.8, 4) is 22.8 Å². The molecule has 0 fully saturated rings. The Kier molecular flexibility index (Phi) is 5.42. The number of benzene rings is 2. The van der Waals surface area contributed by atoms with Crippen LogP contribution < -0.4 is 14.8 Å². The lowest BCUT2D eigenvalue weighted by atomic mass is 10.2.